The number of para-hydroxylation sites is 1. The first-order valence-corrected chi connectivity index (χ1v) is 13.3. The number of halogens is 1. The highest BCUT2D eigenvalue weighted by molar-refractivity contribution is 7.92. The highest BCUT2D eigenvalue weighted by atomic mass is 35.5. The molecule has 196 valence electrons. The van der Waals surface area contributed by atoms with E-state index in [2.05, 4.69) is 5.32 Å². The first-order valence-electron chi connectivity index (χ1n) is 11.4. The number of amides is 1. The lowest BCUT2D eigenvalue weighted by atomic mass is 10.2. The molecule has 4 aromatic carbocycles. The van der Waals surface area contributed by atoms with E-state index in [1.165, 1.54) is 38.5 Å². The van der Waals surface area contributed by atoms with Gasteiger partial charge in [-0.15, -0.1) is 0 Å². The van der Waals surface area contributed by atoms with Crippen molar-refractivity contribution in [2.24, 2.45) is 0 Å². The summed E-state index contributed by atoms with van der Waals surface area (Å²) in [4.78, 5) is 13.3. The number of ether oxygens (including phenoxy) is 3. The third-order valence-electron chi connectivity index (χ3n) is 5.46. The predicted octanol–water partition coefficient (Wildman–Crippen LogP) is 5.98. The van der Waals surface area contributed by atoms with Gasteiger partial charge >= 0.3 is 0 Å². The maximum Gasteiger partial charge on any atom is 0.264 e. The largest absolute Gasteiger partial charge is 0.497 e. The summed E-state index contributed by atoms with van der Waals surface area (Å²) >= 11 is 6.18. The van der Waals surface area contributed by atoms with Gasteiger partial charge in [-0.05, 0) is 54.6 Å². The number of rotatable bonds is 10. The van der Waals surface area contributed by atoms with E-state index in [1.807, 2.05) is 18.2 Å². The molecule has 0 spiro atoms. The number of benzene rings is 4. The zero-order valence-electron chi connectivity index (χ0n) is 20.6. The van der Waals surface area contributed by atoms with Crippen molar-refractivity contribution < 1.29 is 27.4 Å². The number of nitrogens with one attached hydrogen (secondary N) is 1. The summed E-state index contributed by atoms with van der Waals surface area (Å²) in [5.41, 5.74) is 0.448. The molecule has 10 heteroatoms. The van der Waals surface area contributed by atoms with Crippen LogP contribution in [0.2, 0.25) is 5.02 Å². The Labute approximate surface area is 226 Å². The molecule has 4 aromatic rings. The second-order valence-corrected chi connectivity index (χ2v) is 10.3. The number of carbonyl (C=O) groups excluding carboxylic acids is 1. The highest BCUT2D eigenvalue weighted by Gasteiger charge is 2.30. The molecule has 1 N–H and O–H groups in total. The van der Waals surface area contributed by atoms with Crippen molar-refractivity contribution in [2.75, 3.05) is 30.4 Å². The van der Waals surface area contributed by atoms with Gasteiger partial charge in [0.25, 0.3) is 10.0 Å². The van der Waals surface area contributed by atoms with Gasteiger partial charge in [-0.1, -0.05) is 48.0 Å². The van der Waals surface area contributed by atoms with Gasteiger partial charge in [0.1, 0.15) is 23.8 Å². The molecule has 0 aliphatic carbocycles. The van der Waals surface area contributed by atoms with E-state index in [0.717, 1.165) is 4.31 Å². The normalized spacial score (nSPS) is 10.9. The van der Waals surface area contributed by atoms with Crippen molar-refractivity contribution in [3.63, 3.8) is 0 Å². The number of carbonyl (C=O) groups is 1. The van der Waals surface area contributed by atoms with Crippen LogP contribution in [0.4, 0.5) is 11.4 Å². The minimum atomic E-state index is -4.17. The molecular weight excluding hydrogens is 528 g/mol. The van der Waals surface area contributed by atoms with Crippen LogP contribution in [0.15, 0.2) is 102 Å². The number of hydrogen-bond donors (Lipinski definition) is 1. The van der Waals surface area contributed by atoms with Crippen molar-refractivity contribution in [2.45, 2.75) is 4.90 Å². The van der Waals surface area contributed by atoms with Crippen LogP contribution in [0.1, 0.15) is 0 Å². The van der Waals surface area contributed by atoms with E-state index in [0.29, 0.717) is 22.3 Å². The molecule has 0 saturated heterocycles. The van der Waals surface area contributed by atoms with Gasteiger partial charge in [0.2, 0.25) is 5.91 Å². The molecule has 0 atom stereocenters. The van der Waals surface area contributed by atoms with E-state index in [1.54, 1.807) is 54.6 Å². The van der Waals surface area contributed by atoms with Crippen molar-refractivity contribution in [1.29, 1.82) is 0 Å². The Balaban J connectivity index is 1.69. The highest BCUT2D eigenvalue weighted by Crippen LogP contribution is 2.36. The first-order chi connectivity index (χ1) is 18.3. The summed E-state index contributed by atoms with van der Waals surface area (Å²) in [6.07, 6.45) is 0. The molecule has 0 aliphatic rings. The molecule has 0 aromatic heterocycles. The Bertz CT molecular complexity index is 1520. The number of sulfonamides is 1. The number of nitrogens with zero attached hydrogens (tertiary/aromatic N) is 1. The van der Waals surface area contributed by atoms with Crippen molar-refractivity contribution in [1.82, 2.24) is 0 Å². The quantitative estimate of drug-likeness (QED) is 0.260. The molecule has 0 fully saturated rings. The smallest absolute Gasteiger partial charge is 0.264 e. The van der Waals surface area contributed by atoms with Gasteiger partial charge < -0.3 is 19.5 Å². The van der Waals surface area contributed by atoms with Crippen molar-refractivity contribution >= 4 is 38.9 Å². The molecule has 8 nitrogen and oxygen atoms in total. The van der Waals surface area contributed by atoms with Gasteiger partial charge in [0, 0.05) is 11.1 Å². The lowest BCUT2D eigenvalue weighted by molar-refractivity contribution is -0.114. The zero-order valence-corrected chi connectivity index (χ0v) is 22.2. The minimum Gasteiger partial charge on any atom is -0.497 e. The minimum absolute atomic E-state index is 0.0153. The van der Waals surface area contributed by atoms with Gasteiger partial charge in [0.15, 0.2) is 5.75 Å². The van der Waals surface area contributed by atoms with E-state index < -0.39 is 22.5 Å². The van der Waals surface area contributed by atoms with Crippen molar-refractivity contribution in [3.05, 3.63) is 102 Å². The molecule has 0 aliphatic heterocycles. The maximum atomic E-state index is 13.7. The third-order valence-corrected chi connectivity index (χ3v) is 7.47. The lowest BCUT2D eigenvalue weighted by Gasteiger charge is -2.26. The van der Waals surface area contributed by atoms with Gasteiger partial charge in [0.05, 0.1) is 30.5 Å². The van der Waals surface area contributed by atoms with Crippen LogP contribution in [0.3, 0.4) is 0 Å². The Hall–Kier alpha value is -4.21. The SMILES string of the molecule is COc1ccc(N(CC(=O)Nc2cc(Cl)ccc2Oc2ccccc2)S(=O)(=O)c2ccccc2)c(OC)c1. The lowest BCUT2D eigenvalue weighted by Crippen LogP contribution is -2.38. The topological polar surface area (TPSA) is 94.2 Å². The van der Waals surface area contributed by atoms with E-state index in [-0.39, 0.29) is 22.0 Å². The molecule has 4 rings (SSSR count). The molecular formula is C28H25ClN2O6S. The number of methoxy groups -OCH3 is 2. The van der Waals surface area contributed by atoms with E-state index in [9.17, 15) is 13.2 Å². The average molecular weight is 553 g/mol. The fourth-order valence-electron chi connectivity index (χ4n) is 3.63. The van der Waals surface area contributed by atoms with Crippen LogP contribution < -0.4 is 23.8 Å². The van der Waals surface area contributed by atoms with Crippen LogP contribution in [0.25, 0.3) is 0 Å². The van der Waals surface area contributed by atoms with Gasteiger partial charge in [-0.25, -0.2) is 8.42 Å². The second kappa shape index (κ2) is 11.9. The molecule has 1 amide bonds. The summed E-state index contributed by atoms with van der Waals surface area (Å²) in [6, 6.07) is 26.3. The van der Waals surface area contributed by atoms with Crippen LogP contribution in [0, 0.1) is 0 Å². The fraction of sp³-hybridized carbons (Fsp3) is 0.107. The molecule has 0 heterocycles. The van der Waals surface area contributed by atoms with Crippen LogP contribution in [-0.2, 0) is 14.8 Å². The standard InChI is InChI=1S/C28H25ClN2O6S/c1-35-22-14-15-25(27(18-22)36-2)31(38(33,34)23-11-7-4-8-12-23)19-28(32)30-24-17-20(29)13-16-26(24)37-21-9-5-3-6-10-21/h3-18H,19H2,1-2H3,(H,30,32). The van der Waals surface area contributed by atoms with E-state index >= 15 is 0 Å². The predicted molar refractivity (Wildman–Crippen MR) is 147 cm³/mol. The summed E-state index contributed by atoms with van der Waals surface area (Å²) < 4.78 is 45.0. The molecule has 0 bridgehead atoms. The zero-order chi connectivity index (χ0) is 27.1. The van der Waals surface area contributed by atoms with Crippen LogP contribution >= 0.6 is 11.6 Å². The summed E-state index contributed by atoms with van der Waals surface area (Å²) in [6.45, 7) is -0.558. The number of hydrogen-bond acceptors (Lipinski definition) is 6. The fourth-order valence-corrected chi connectivity index (χ4v) is 5.26. The summed E-state index contributed by atoms with van der Waals surface area (Å²) in [7, 11) is -1.27. The van der Waals surface area contributed by atoms with Gasteiger partial charge in [-0.2, -0.15) is 0 Å². The third kappa shape index (κ3) is 6.19. The Kier molecular flexibility index (Phi) is 8.40. The van der Waals surface area contributed by atoms with Gasteiger partial charge in [-0.3, -0.25) is 9.10 Å². The molecule has 38 heavy (non-hydrogen) atoms. The second-order valence-electron chi connectivity index (χ2n) is 7.97. The van der Waals surface area contributed by atoms with Crippen LogP contribution in [-0.4, -0.2) is 35.1 Å². The number of anilines is 2. The Morgan fingerprint density at radius 3 is 2.16 bits per heavy atom. The molecule has 0 radical (unpaired) electrons. The molecule has 0 saturated carbocycles. The Morgan fingerprint density at radius 1 is 0.816 bits per heavy atom. The van der Waals surface area contributed by atoms with Crippen LogP contribution in [0.5, 0.6) is 23.0 Å². The van der Waals surface area contributed by atoms with Crippen molar-refractivity contribution in [3.8, 4) is 23.0 Å². The average Bonchev–Trinajstić information content (AvgIpc) is 2.94. The monoisotopic (exact) mass is 552 g/mol. The molecule has 0 unspecified atom stereocenters. The first kappa shape index (κ1) is 26.8. The van der Waals surface area contributed by atoms with E-state index in [4.69, 9.17) is 25.8 Å². The Morgan fingerprint density at radius 2 is 1.50 bits per heavy atom. The summed E-state index contributed by atoms with van der Waals surface area (Å²) in [5.74, 6) is 0.957. The summed E-state index contributed by atoms with van der Waals surface area (Å²) in [5, 5.41) is 3.10. The maximum absolute atomic E-state index is 13.7.